The third-order valence-electron chi connectivity index (χ3n) is 3.82. The van der Waals surface area contributed by atoms with Crippen LogP contribution in [0.5, 0.6) is 0 Å². The Morgan fingerprint density at radius 1 is 0.750 bits per heavy atom. The summed E-state index contributed by atoms with van der Waals surface area (Å²) < 4.78 is 0. The van der Waals surface area contributed by atoms with E-state index in [-0.39, 0.29) is 12.4 Å². The van der Waals surface area contributed by atoms with Gasteiger partial charge in [-0.05, 0) is 44.5 Å². The maximum Gasteiger partial charge on any atom is 0.229 e. The van der Waals surface area contributed by atoms with Crippen LogP contribution in [0, 0.1) is 20.8 Å². The second-order valence-electron chi connectivity index (χ2n) is 5.54. The maximum absolute atomic E-state index is 4.63. The molecule has 24 heavy (non-hydrogen) atoms. The van der Waals surface area contributed by atoms with Crippen LogP contribution in [0.4, 0.5) is 23.1 Å². The quantitative estimate of drug-likeness (QED) is 0.675. The number of aryl methyl sites for hydroxylation is 2. The molecule has 0 saturated heterocycles. The predicted octanol–water partition coefficient (Wildman–Crippen LogP) is 5.31. The number of hydrogen-bond acceptors (Lipinski definition) is 4. The van der Waals surface area contributed by atoms with Crippen molar-refractivity contribution in [2.24, 2.45) is 0 Å². The molecule has 0 radical (unpaired) electrons. The number of hydrogen-bond donors (Lipinski definition) is 2. The summed E-state index contributed by atoms with van der Waals surface area (Å²) in [7, 11) is 0. The van der Waals surface area contributed by atoms with Gasteiger partial charge in [0, 0.05) is 22.6 Å². The standard InChI is InChI=1S/C19H20N4.ClH/c1-13-9-7-8-12-17(13)22-19-20-15(3)14(2)18(23-19)21-16-10-5-4-6-11-16;/h4-12H,1-3H3,(H2,20,21,22,23);1H. The summed E-state index contributed by atoms with van der Waals surface area (Å²) in [4.78, 5) is 9.18. The molecule has 0 spiro atoms. The van der Waals surface area contributed by atoms with Gasteiger partial charge in [-0.2, -0.15) is 4.98 Å². The summed E-state index contributed by atoms with van der Waals surface area (Å²) in [6, 6.07) is 18.1. The van der Waals surface area contributed by atoms with Gasteiger partial charge in [0.25, 0.3) is 0 Å². The lowest BCUT2D eigenvalue weighted by molar-refractivity contribution is 1.07. The number of nitrogens with one attached hydrogen (secondary N) is 2. The van der Waals surface area contributed by atoms with E-state index in [1.54, 1.807) is 0 Å². The smallest absolute Gasteiger partial charge is 0.229 e. The van der Waals surface area contributed by atoms with Crippen LogP contribution >= 0.6 is 12.4 Å². The fourth-order valence-electron chi connectivity index (χ4n) is 2.30. The maximum atomic E-state index is 4.63. The molecule has 3 aromatic rings. The fraction of sp³-hybridized carbons (Fsp3) is 0.158. The van der Waals surface area contributed by atoms with Gasteiger partial charge in [0.15, 0.2) is 0 Å². The molecule has 2 aromatic carbocycles. The van der Waals surface area contributed by atoms with Crippen LogP contribution in [0.1, 0.15) is 16.8 Å². The predicted molar refractivity (Wildman–Crippen MR) is 103 cm³/mol. The molecular weight excluding hydrogens is 320 g/mol. The molecule has 5 heteroatoms. The Bertz CT molecular complexity index is 819. The van der Waals surface area contributed by atoms with Crippen molar-refractivity contribution in [2.45, 2.75) is 20.8 Å². The molecule has 1 heterocycles. The second kappa shape index (κ2) is 7.79. The highest BCUT2D eigenvalue weighted by Crippen LogP contribution is 2.24. The van der Waals surface area contributed by atoms with Gasteiger partial charge in [-0.15, -0.1) is 12.4 Å². The van der Waals surface area contributed by atoms with E-state index in [4.69, 9.17) is 0 Å². The van der Waals surface area contributed by atoms with E-state index in [1.165, 1.54) is 0 Å². The van der Waals surface area contributed by atoms with Crippen LogP contribution in [0.2, 0.25) is 0 Å². The van der Waals surface area contributed by atoms with Crippen molar-refractivity contribution in [3.63, 3.8) is 0 Å². The molecule has 2 N–H and O–H groups in total. The minimum atomic E-state index is 0. The van der Waals surface area contributed by atoms with Crippen molar-refractivity contribution < 1.29 is 0 Å². The zero-order valence-corrected chi connectivity index (χ0v) is 14.8. The minimum absolute atomic E-state index is 0. The first kappa shape index (κ1) is 17.8. The lowest BCUT2D eigenvalue weighted by atomic mass is 10.2. The molecule has 0 aliphatic rings. The number of anilines is 4. The molecule has 0 unspecified atom stereocenters. The number of rotatable bonds is 4. The Balaban J connectivity index is 0.00000208. The van der Waals surface area contributed by atoms with E-state index >= 15 is 0 Å². The van der Waals surface area contributed by atoms with E-state index in [1.807, 2.05) is 62.4 Å². The average Bonchev–Trinajstić information content (AvgIpc) is 2.55. The lowest BCUT2D eigenvalue weighted by Crippen LogP contribution is -2.06. The number of para-hydroxylation sites is 2. The van der Waals surface area contributed by atoms with Crippen LogP contribution in [-0.4, -0.2) is 9.97 Å². The van der Waals surface area contributed by atoms with Crippen LogP contribution in [0.3, 0.4) is 0 Å². The Hall–Kier alpha value is -2.59. The SMILES string of the molecule is Cc1ccccc1Nc1nc(C)c(C)c(Nc2ccccc2)n1.Cl. The molecule has 3 rings (SSSR count). The first-order valence-electron chi connectivity index (χ1n) is 7.63. The molecule has 1 aromatic heterocycles. The lowest BCUT2D eigenvalue weighted by Gasteiger charge is -2.14. The molecule has 0 bridgehead atoms. The van der Waals surface area contributed by atoms with Crippen molar-refractivity contribution in [1.82, 2.24) is 9.97 Å². The Labute approximate surface area is 148 Å². The summed E-state index contributed by atoms with van der Waals surface area (Å²) in [5, 5.41) is 6.67. The molecule has 0 aliphatic heterocycles. The van der Waals surface area contributed by atoms with Gasteiger partial charge in [-0.25, -0.2) is 4.98 Å². The Morgan fingerprint density at radius 3 is 2.12 bits per heavy atom. The third-order valence-corrected chi connectivity index (χ3v) is 3.82. The molecule has 4 nitrogen and oxygen atoms in total. The summed E-state index contributed by atoms with van der Waals surface area (Å²) in [5.74, 6) is 1.42. The van der Waals surface area contributed by atoms with E-state index in [9.17, 15) is 0 Å². The topological polar surface area (TPSA) is 49.8 Å². The van der Waals surface area contributed by atoms with E-state index in [0.29, 0.717) is 5.95 Å². The molecule has 0 fully saturated rings. The number of benzene rings is 2. The Morgan fingerprint density at radius 2 is 1.42 bits per heavy atom. The fourth-order valence-corrected chi connectivity index (χ4v) is 2.30. The molecule has 0 atom stereocenters. The number of nitrogens with zero attached hydrogens (tertiary/aromatic N) is 2. The molecular formula is C19H21ClN4. The van der Waals surface area contributed by atoms with E-state index in [2.05, 4.69) is 33.6 Å². The highest BCUT2D eigenvalue weighted by molar-refractivity contribution is 5.85. The van der Waals surface area contributed by atoms with Crippen LogP contribution in [0.25, 0.3) is 0 Å². The van der Waals surface area contributed by atoms with Crippen molar-refractivity contribution in [2.75, 3.05) is 10.6 Å². The first-order valence-corrected chi connectivity index (χ1v) is 7.63. The number of halogens is 1. The van der Waals surface area contributed by atoms with Gasteiger partial charge in [-0.3, -0.25) is 0 Å². The van der Waals surface area contributed by atoms with Crippen molar-refractivity contribution in [1.29, 1.82) is 0 Å². The average molecular weight is 341 g/mol. The van der Waals surface area contributed by atoms with Gasteiger partial charge >= 0.3 is 0 Å². The van der Waals surface area contributed by atoms with Crippen molar-refractivity contribution >= 4 is 35.5 Å². The highest BCUT2D eigenvalue weighted by Gasteiger charge is 2.09. The largest absolute Gasteiger partial charge is 0.340 e. The third kappa shape index (κ3) is 4.03. The monoisotopic (exact) mass is 340 g/mol. The summed E-state index contributed by atoms with van der Waals surface area (Å²) in [6.45, 7) is 6.08. The van der Waals surface area contributed by atoms with E-state index < -0.39 is 0 Å². The van der Waals surface area contributed by atoms with Crippen LogP contribution < -0.4 is 10.6 Å². The Kier molecular flexibility index (Phi) is 5.77. The zero-order valence-electron chi connectivity index (χ0n) is 14.0. The summed E-state index contributed by atoms with van der Waals surface area (Å²) in [6.07, 6.45) is 0. The van der Waals surface area contributed by atoms with Gasteiger partial charge in [-0.1, -0.05) is 36.4 Å². The van der Waals surface area contributed by atoms with E-state index in [0.717, 1.165) is 34.0 Å². The minimum Gasteiger partial charge on any atom is -0.340 e. The number of aromatic nitrogens is 2. The first-order chi connectivity index (χ1) is 11.1. The molecule has 0 aliphatic carbocycles. The normalized spacial score (nSPS) is 9.96. The van der Waals surface area contributed by atoms with Crippen LogP contribution in [0.15, 0.2) is 54.6 Å². The zero-order chi connectivity index (χ0) is 16.2. The summed E-state index contributed by atoms with van der Waals surface area (Å²) in [5.41, 5.74) is 5.18. The van der Waals surface area contributed by atoms with Gasteiger partial charge in [0.05, 0.1) is 0 Å². The highest BCUT2D eigenvalue weighted by atomic mass is 35.5. The van der Waals surface area contributed by atoms with Gasteiger partial charge in [0.1, 0.15) is 5.82 Å². The van der Waals surface area contributed by atoms with Gasteiger partial charge in [0.2, 0.25) is 5.95 Å². The molecule has 0 amide bonds. The van der Waals surface area contributed by atoms with Crippen molar-refractivity contribution in [3.8, 4) is 0 Å². The second-order valence-corrected chi connectivity index (χ2v) is 5.54. The molecule has 0 saturated carbocycles. The van der Waals surface area contributed by atoms with Crippen LogP contribution in [-0.2, 0) is 0 Å². The summed E-state index contributed by atoms with van der Waals surface area (Å²) >= 11 is 0. The van der Waals surface area contributed by atoms with Crippen molar-refractivity contribution in [3.05, 3.63) is 71.4 Å². The van der Waals surface area contributed by atoms with Gasteiger partial charge < -0.3 is 10.6 Å². The molecule has 124 valence electrons.